The Morgan fingerprint density at radius 1 is 1.25 bits per heavy atom. The second kappa shape index (κ2) is 7.05. The van der Waals surface area contributed by atoms with Gasteiger partial charge < -0.3 is 15.2 Å². The van der Waals surface area contributed by atoms with Crippen molar-refractivity contribution in [2.75, 3.05) is 13.2 Å². The summed E-state index contributed by atoms with van der Waals surface area (Å²) in [5.74, 6) is -0.984. The van der Waals surface area contributed by atoms with Gasteiger partial charge in [-0.2, -0.15) is 0 Å². The first-order chi connectivity index (χ1) is 9.66. The summed E-state index contributed by atoms with van der Waals surface area (Å²) in [5.41, 5.74) is 0.966. The van der Waals surface area contributed by atoms with E-state index in [9.17, 15) is 9.59 Å². The molecule has 1 heterocycles. The molecule has 1 aliphatic heterocycles. The normalized spacial score (nSPS) is 15.8. The van der Waals surface area contributed by atoms with Crippen molar-refractivity contribution in [3.05, 3.63) is 35.4 Å². The summed E-state index contributed by atoms with van der Waals surface area (Å²) < 4.78 is 5.24. The molecule has 0 aliphatic carbocycles. The maximum Gasteiger partial charge on any atom is 0.335 e. The third kappa shape index (κ3) is 4.06. The lowest BCUT2D eigenvalue weighted by molar-refractivity contribution is -0.122. The summed E-state index contributed by atoms with van der Waals surface area (Å²) in [4.78, 5) is 22.9. The van der Waals surface area contributed by atoms with Gasteiger partial charge in [0.15, 0.2) is 0 Å². The van der Waals surface area contributed by atoms with Crippen molar-refractivity contribution in [2.24, 2.45) is 0 Å². The molecule has 2 rings (SSSR count). The van der Waals surface area contributed by atoms with E-state index < -0.39 is 5.97 Å². The SMILES string of the molecule is O=C(CCc1ccccc1C(=O)O)NC1CCOCC1. The summed E-state index contributed by atoms with van der Waals surface area (Å²) in [5, 5.41) is 12.0. The molecule has 1 aliphatic rings. The number of aryl methyl sites for hydroxylation is 1. The molecule has 1 amide bonds. The Balaban J connectivity index is 1.85. The minimum atomic E-state index is -0.953. The molecule has 1 saturated heterocycles. The summed E-state index contributed by atoms with van der Waals surface area (Å²) >= 11 is 0. The Bertz CT molecular complexity index is 481. The van der Waals surface area contributed by atoms with Crippen LogP contribution >= 0.6 is 0 Å². The molecule has 1 aromatic rings. The van der Waals surface area contributed by atoms with Gasteiger partial charge in [0.25, 0.3) is 0 Å². The van der Waals surface area contributed by atoms with Crippen LogP contribution in [0.4, 0.5) is 0 Å². The van der Waals surface area contributed by atoms with Crippen LogP contribution in [-0.2, 0) is 16.0 Å². The van der Waals surface area contributed by atoms with Crippen molar-refractivity contribution in [1.29, 1.82) is 0 Å². The van der Waals surface area contributed by atoms with E-state index in [0.717, 1.165) is 12.8 Å². The van der Waals surface area contributed by atoms with Crippen LogP contribution in [0, 0.1) is 0 Å². The summed E-state index contributed by atoms with van der Waals surface area (Å²) in [7, 11) is 0. The van der Waals surface area contributed by atoms with Gasteiger partial charge in [-0.15, -0.1) is 0 Å². The minimum Gasteiger partial charge on any atom is -0.478 e. The fourth-order valence-electron chi connectivity index (χ4n) is 2.34. The molecule has 0 aromatic heterocycles. The van der Waals surface area contributed by atoms with Crippen molar-refractivity contribution in [2.45, 2.75) is 31.7 Å². The van der Waals surface area contributed by atoms with Gasteiger partial charge in [0, 0.05) is 25.7 Å². The first-order valence-electron chi connectivity index (χ1n) is 6.85. The molecule has 0 atom stereocenters. The molecule has 0 bridgehead atoms. The molecular formula is C15H19NO4. The van der Waals surface area contributed by atoms with E-state index in [4.69, 9.17) is 9.84 Å². The van der Waals surface area contributed by atoms with Gasteiger partial charge in [0.05, 0.1) is 5.56 Å². The smallest absolute Gasteiger partial charge is 0.335 e. The average Bonchev–Trinajstić information content (AvgIpc) is 2.46. The van der Waals surface area contributed by atoms with Gasteiger partial charge >= 0.3 is 5.97 Å². The first kappa shape index (κ1) is 14.5. The van der Waals surface area contributed by atoms with E-state index in [2.05, 4.69) is 5.32 Å². The fraction of sp³-hybridized carbons (Fsp3) is 0.467. The van der Waals surface area contributed by atoms with Crippen LogP contribution < -0.4 is 5.32 Å². The molecule has 2 N–H and O–H groups in total. The van der Waals surface area contributed by atoms with Gasteiger partial charge in [-0.1, -0.05) is 18.2 Å². The third-order valence-electron chi connectivity index (χ3n) is 3.46. The summed E-state index contributed by atoms with van der Waals surface area (Å²) in [6.45, 7) is 1.37. The van der Waals surface area contributed by atoms with Crippen LogP contribution in [0.2, 0.25) is 0 Å². The molecule has 5 heteroatoms. The van der Waals surface area contributed by atoms with Crippen molar-refractivity contribution in [3.8, 4) is 0 Å². The number of carboxylic acids is 1. The molecule has 5 nitrogen and oxygen atoms in total. The largest absolute Gasteiger partial charge is 0.478 e. The number of hydrogen-bond acceptors (Lipinski definition) is 3. The number of aromatic carboxylic acids is 1. The Morgan fingerprint density at radius 3 is 2.65 bits per heavy atom. The van der Waals surface area contributed by atoms with E-state index >= 15 is 0 Å². The number of carbonyl (C=O) groups is 2. The maximum absolute atomic E-state index is 11.9. The monoisotopic (exact) mass is 277 g/mol. The van der Waals surface area contributed by atoms with Gasteiger partial charge in [-0.25, -0.2) is 4.79 Å². The van der Waals surface area contributed by atoms with Crippen LogP contribution in [0.25, 0.3) is 0 Å². The summed E-state index contributed by atoms with van der Waals surface area (Å²) in [6.07, 6.45) is 2.44. The highest BCUT2D eigenvalue weighted by atomic mass is 16.5. The quantitative estimate of drug-likeness (QED) is 0.857. The number of ether oxygens (including phenoxy) is 1. The minimum absolute atomic E-state index is 0.0305. The molecule has 0 radical (unpaired) electrons. The average molecular weight is 277 g/mol. The molecule has 1 aromatic carbocycles. The number of hydrogen-bond donors (Lipinski definition) is 2. The zero-order valence-corrected chi connectivity index (χ0v) is 11.3. The lowest BCUT2D eigenvalue weighted by Crippen LogP contribution is -2.39. The highest BCUT2D eigenvalue weighted by Crippen LogP contribution is 2.12. The van der Waals surface area contributed by atoms with Crippen LogP contribution in [-0.4, -0.2) is 36.2 Å². The molecule has 0 saturated carbocycles. The number of benzene rings is 1. The Labute approximate surface area is 117 Å². The topological polar surface area (TPSA) is 75.6 Å². The zero-order chi connectivity index (χ0) is 14.4. The van der Waals surface area contributed by atoms with Gasteiger partial charge in [0.1, 0.15) is 0 Å². The highest BCUT2D eigenvalue weighted by molar-refractivity contribution is 5.89. The van der Waals surface area contributed by atoms with Crippen LogP contribution in [0.15, 0.2) is 24.3 Å². The second-order valence-electron chi connectivity index (χ2n) is 4.92. The van der Waals surface area contributed by atoms with E-state index in [1.165, 1.54) is 0 Å². The predicted octanol–water partition coefficient (Wildman–Crippen LogP) is 1.61. The van der Waals surface area contributed by atoms with E-state index in [1.807, 2.05) is 0 Å². The number of rotatable bonds is 5. The van der Waals surface area contributed by atoms with Crippen LogP contribution in [0.5, 0.6) is 0 Å². The molecule has 0 spiro atoms. The van der Waals surface area contributed by atoms with Gasteiger partial charge in [-0.3, -0.25) is 4.79 Å². The lowest BCUT2D eigenvalue weighted by Gasteiger charge is -2.23. The number of nitrogens with one attached hydrogen (secondary N) is 1. The molecule has 1 fully saturated rings. The maximum atomic E-state index is 11.9. The standard InChI is InChI=1S/C15H19NO4/c17-14(16-12-7-9-20-10-8-12)6-5-11-3-1-2-4-13(11)15(18)19/h1-4,12H,5-10H2,(H,16,17)(H,18,19). The van der Waals surface area contributed by atoms with Crippen molar-refractivity contribution in [1.82, 2.24) is 5.32 Å². The van der Waals surface area contributed by atoms with Crippen LogP contribution in [0.3, 0.4) is 0 Å². The van der Waals surface area contributed by atoms with Crippen LogP contribution in [0.1, 0.15) is 35.2 Å². The van der Waals surface area contributed by atoms with E-state index in [0.29, 0.717) is 31.6 Å². The predicted molar refractivity (Wildman–Crippen MR) is 73.7 cm³/mol. The zero-order valence-electron chi connectivity index (χ0n) is 11.3. The van der Waals surface area contributed by atoms with Crippen molar-refractivity contribution in [3.63, 3.8) is 0 Å². The molecular weight excluding hydrogens is 258 g/mol. The Morgan fingerprint density at radius 2 is 1.95 bits per heavy atom. The number of carboxylic acid groups (broad SMARTS) is 1. The molecule has 0 unspecified atom stereocenters. The molecule has 108 valence electrons. The Kier molecular flexibility index (Phi) is 5.12. The van der Waals surface area contributed by atoms with Crippen molar-refractivity contribution < 1.29 is 19.4 Å². The molecule has 20 heavy (non-hydrogen) atoms. The first-order valence-corrected chi connectivity index (χ1v) is 6.85. The third-order valence-corrected chi connectivity index (χ3v) is 3.46. The van der Waals surface area contributed by atoms with Gasteiger partial charge in [0.2, 0.25) is 5.91 Å². The highest BCUT2D eigenvalue weighted by Gasteiger charge is 2.16. The number of amides is 1. The lowest BCUT2D eigenvalue weighted by atomic mass is 10.0. The van der Waals surface area contributed by atoms with Gasteiger partial charge in [-0.05, 0) is 30.9 Å². The fourth-order valence-corrected chi connectivity index (χ4v) is 2.34. The number of carbonyl (C=O) groups excluding carboxylic acids is 1. The van der Waals surface area contributed by atoms with E-state index in [1.54, 1.807) is 24.3 Å². The Hall–Kier alpha value is -1.88. The van der Waals surface area contributed by atoms with Crippen molar-refractivity contribution >= 4 is 11.9 Å². The second-order valence-corrected chi connectivity index (χ2v) is 4.92. The summed E-state index contributed by atoms with van der Waals surface area (Å²) in [6, 6.07) is 6.98. The van der Waals surface area contributed by atoms with E-state index in [-0.39, 0.29) is 17.5 Å².